The number of aromatic hydroxyl groups is 2. The highest BCUT2D eigenvalue weighted by Gasteiger charge is 2.16. The molecule has 0 aliphatic heterocycles. The van der Waals surface area contributed by atoms with Crippen LogP contribution in [0.4, 0.5) is 5.69 Å². The molecule has 138 valence electrons. The number of hydrogen-bond donors (Lipinski definition) is 5. The van der Waals surface area contributed by atoms with Crippen LogP contribution in [0.2, 0.25) is 0 Å². The molecule has 1 amide bonds. The highest BCUT2D eigenvalue weighted by Crippen LogP contribution is 2.35. The van der Waals surface area contributed by atoms with Crippen LogP contribution in [0.5, 0.6) is 23.0 Å². The largest absolute Gasteiger partial charge is 0.504 e. The zero-order valence-corrected chi connectivity index (χ0v) is 14.1. The maximum atomic E-state index is 12.1. The van der Waals surface area contributed by atoms with E-state index in [9.17, 15) is 25.2 Å². The second kappa shape index (κ2) is 8.24. The molecule has 0 saturated heterocycles. The van der Waals surface area contributed by atoms with Gasteiger partial charge in [-0.05, 0) is 29.8 Å². The fraction of sp³-hybridized carbons (Fsp3) is 0.167. The minimum atomic E-state index is -1.90. The molecule has 0 unspecified atom stereocenters. The number of phenols is 2. The summed E-state index contributed by atoms with van der Waals surface area (Å²) >= 11 is 0. The van der Waals surface area contributed by atoms with Crippen molar-refractivity contribution in [3.8, 4) is 23.0 Å². The van der Waals surface area contributed by atoms with Gasteiger partial charge in [-0.1, -0.05) is 6.07 Å². The average molecular weight is 361 g/mol. The highest BCUT2D eigenvalue weighted by atomic mass is 16.5. The first-order chi connectivity index (χ1) is 12.3. The number of nitrogens with one attached hydrogen (secondary N) is 1. The van der Waals surface area contributed by atoms with Crippen LogP contribution in [-0.4, -0.2) is 40.6 Å². The van der Waals surface area contributed by atoms with Gasteiger partial charge in [0.25, 0.3) is 0 Å². The van der Waals surface area contributed by atoms with E-state index in [1.54, 1.807) is 12.1 Å². The lowest BCUT2D eigenvalue weighted by Crippen LogP contribution is -2.11. The number of benzene rings is 2. The zero-order chi connectivity index (χ0) is 19.3. The van der Waals surface area contributed by atoms with Gasteiger partial charge in [0, 0.05) is 17.7 Å². The van der Waals surface area contributed by atoms with Gasteiger partial charge in [-0.3, -0.25) is 4.79 Å². The number of hydrogen-bond acceptors (Lipinski definition) is 7. The average Bonchev–Trinajstić information content (AvgIpc) is 2.61. The van der Waals surface area contributed by atoms with E-state index in [-0.39, 0.29) is 34.2 Å². The second-order valence-electron chi connectivity index (χ2n) is 5.24. The van der Waals surface area contributed by atoms with Crippen LogP contribution in [0.15, 0.2) is 36.4 Å². The third-order valence-corrected chi connectivity index (χ3v) is 3.52. The summed E-state index contributed by atoms with van der Waals surface area (Å²) in [5.74, 6) is -0.530. The second-order valence-corrected chi connectivity index (χ2v) is 5.24. The van der Waals surface area contributed by atoms with E-state index in [4.69, 9.17) is 9.47 Å². The molecule has 8 nitrogen and oxygen atoms in total. The number of anilines is 1. The highest BCUT2D eigenvalue weighted by molar-refractivity contribution is 6.02. The van der Waals surface area contributed by atoms with Gasteiger partial charge in [-0.15, -0.1) is 0 Å². The van der Waals surface area contributed by atoms with Crippen molar-refractivity contribution in [3.05, 3.63) is 47.5 Å². The van der Waals surface area contributed by atoms with Crippen molar-refractivity contribution in [2.24, 2.45) is 0 Å². The van der Waals surface area contributed by atoms with Crippen molar-refractivity contribution in [1.29, 1.82) is 0 Å². The minimum Gasteiger partial charge on any atom is -0.504 e. The van der Waals surface area contributed by atoms with Crippen molar-refractivity contribution in [2.75, 3.05) is 19.5 Å². The van der Waals surface area contributed by atoms with Crippen LogP contribution in [0.1, 0.15) is 17.4 Å². The van der Waals surface area contributed by atoms with E-state index in [2.05, 4.69) is 5.32 Å². The first-order valence-corrected chi connectivity index (χ1v) is 7.48. The van der Waals surface area contributed by atoms with Crippen molar-refractivity contribution in [1.82, 2.24) is 0 Å². The summed E-state index contributed by atoms with van der Waals surface area (Å²) in [5.41, 5.74) is 0.601. The summed E-state index contributed by atoms with van der Waals surface area (Å²) in [6, 6.07) is 6.94. The van der Waals surface area contributed by atoms with Gasteiger partial charge in [-0.2, -0.15) is 0 Å². The molecule has 0 spiro atoms. The van der Waals surface area contributed by atoms with E-state index < -0.39 is 12.2 Å². The molecule has 0 radical (unpaired) electrons. The van der Waals surface area contributed by atoms with E-state index in [1.165, 1.54) is 38.5 Å². The molecule has 2 aromatic rings. The van der Waals surface area contributed by atoms with E-state index in [1.807, 2.05) is 0 Å². The summed E-state index contributed by atoms with van der Waals surface area (Å²) in [4.78, 5) is 12.1. The molecular formula is C18H19NO7. The number of aliphatic hydroxyl groups excluding tert-OH is 1. The van der Waals surface area contributed by atoms with Gasteiger partial charge in [0.2, 0.25) is 5.91 Å². The maximum absolute atomic E-state index is 12.1. The van der Waals surface area contributed by atoms with E-state index >= 15 is 0 Å². The molecular weight excluding hydrogens is 342 g/mol. The standard InChI is InChI=1S/C18H19NO7/c1-25-15-7-10(3-5-13(15)20)4-6-17(22)19-12-9-16(26-2)14(21)8-11(12)18(23)24/h3-9,18,20-21,23-24H,1-2H3,(H,19,22). The smallest absolute Gasteiger partial charge is 0.248 e. The van der Waals surface area contributed by atoms with Crippen LogP contribution >= 0.6 is 0 Å². The summed E-state index contributed by atoms with van der Waals surface area (Å²) in [6.07, 6.45) is 0.815. The fourth-order valence-corrected chi connectivity index (χ4v) is 2.21. The van der Waals surface area contributed by atoms with E-state index in [0.29, 0.717) is 5.56 Å². The normalized spacial score (nSPS) is 11.0. The quantitative estimate of drug-likeness (QED) is 0.301. The van der Waals surface area contributed by atoms with Gasteiger partial charge in [0.15, 0.2) is 29.3 Å². The third-order valence-electron chi connectivity index (χ3n) is 3.52. The summed E-state index contributed by atoms with van der Waals surface area (Å²) in [7, 11) is 2.74. The minimum absolute atomic E-state index is 0.0214. The summed E-state index contributed by atoms with van der Waals surface area (Å²) in [5, 5.41) is 40.5. The van der Waals surface area contributed by atoms with Crippen LogP contribution in [0, 0.1) is 0 Å². The topological polar surface area (TPSA) is 128 Å². The molecule has 5 N–H and O–H groups in total. The number of ether oxygens (including phenoxy) is 2. The zero-order valence-electron chi connectivity index (χ0n) is 14.1. The number of carbonyl (C=O) groups is 1. The predicted octanol–water partition coefficient (Wildman–Crippen LogP) is 1.75. The molecule has 0 fully saturated rings. The molecule has 2 aromatic carbocycles. The summed E-state index contributed by atoms with van der Waals surface area (Å²) in [6.45, 7) is 0. The Morgan fingerprint density at radius 1 is 1.04 bits per heavy atom. The first kappa shape index (κ1) is 19.1. The molecule has 0 aliphatic carbocycles. The first-order valence-electron chi connectivity index (χ1n) is 7.48. The van der Waals surface area contributed by atoms with Crippen LogP contribution in [-0.2, 0) is 4.79 Å². The van der Waals surface area contributed by atoms with Crippen molar-refractivity contribution < 1.29 is 34.7 Å². The van der Waals surface area contributed by atoms with Gasteiger partial charge < -0.3 is 35.2 Å². The van der Waals surface area contributed by atoms with Gasteiger partial charge >= 0.3 is 0 Å². The number of methoxy groups -OCH3 is 2. The number of rotatable bonds is 6. The lowest BCUT2D eigenvalue weighted by atomic mass is 10.1. The Labute approximate surface area is 149 Å². The monoisotopic (exact) mass is 361 g/mol. The lowest BCUT2D eigenvalue weighted by molar-refractivity contribution is -0.111. The molecule has 0 bridgehead atoms. The molecule has 0 aliphatic rings. The Balaban J connectivity index is 2.22. The molecule has 0 atom stereocenters. The fourth-order valence-electron chi connectivity index (χ4n) is 2.21. The van der Waals surface area contributed by atoms with Gasteiger partial charge in [-0.25, -0.2) is 0 Å². The van der Waals surface area contributed by atoms with Gasteiger partial charge in [0.05, 0.1) is 19.9 Å². The number of carbonyl (C=O) groups excluding carboxylic acids is 1. The van der Waals surface area contributed by atoms with E-state index in [0.717, 1.165) is 6.07 Å². The summed E-state index contributed by atoms with van der Waals surface area (Å²) < 4.78 is 9.94. The maximum Gasteiger partial charge on any atom is 0.248 e. The molecule has 2 rings (SSSR count). The van der Waals surface area contributed by atoms with Crippen LogP contribution < -0.4 is 14.8 Å². The van der Waals surface area contributed by atoms with Crippen LogP contribution in [0.3, 0.4) is 0 Å². The number of amides is 1. The molecule has 0 heterocycles. The predicted molar refractivity (Wildman–Crippen MR) is 94.2 cm³/mol. The van der Waals surface area contributed by atoms with Gasteiger partial charge in [0.1, 0.15) is 0 Å². The third kappa shape index (κ3) is 4.44. The van der Waals surface area contributed by atoms with Crippen molar-refractivity contribution >= 4 is 17.7 Å². The number of aliphatic hydroxyl groups is 2. The molecule has 0 aromatic heterocycles. The Bertz CT molecular complexity index is 831. The Kier molecular flexibility index (Phi) is 6.05. The Hall–Kier alpha value is -3.23. The lowest BCUT2D eigenvalue weighted by Gasteiger charge is -2.14. The number of phenolic OH excluding ortho intramolecular Hbond substituents is 2. The Morgan fingerprint density at radius 3 is 2.31 bits per heavy atom. The van der Waals surface area contributed by atoms with Crippen LogP contribution in [0.25, 0.3) is 6.08 Å². The Morgan fingerprint density at radius 2 is 1.69 bits per heavy atom. The van der Waals surface area contributed by atoms with Crippen molar-refractivity contribution in [3.63, 3.8) is 0 Å². The molecule has 8 heteroatoms. The SMILES string of the molecule is COc1cc(C=CC(=O)Nc2cc(OC)c(O)cc2C(O)O)ccc1O. The molecule has 26 heavy (non-hydrogen) atoms. The molecule has 0 saturated carbocycles. The van der Waals surface area contributed by atoms with Crippen molar-refractivity contribution in [2.45, 2.75) is 6.29 Å².